The summed E-state index contributed by atoms with van der Waals surface area (Å²) in [6.45, 7) is 8.33. The number of hydrogen-bond acceptors (Lipinski definition) is 5. The molecule has 0 aliphatic carbocycles. The normalized spacial score (nSPS) is 11.2. The molecule has 0 fully saturated rings. The molecule has 9 heteroatoms. The number of pyridine rings is 2. The topological polar surface area (TPSA) is 96.8 Å². The van der Waals surface area contributed by atoms with Crippen LogP contribution in [0.4, 0.5) is 16.3 Å². The molecule has 8 nitrogen and oxygen atoms in total. The Hall–Kier alpha value is -2.87. The van der Waals surface area contributed by atoms with Crippen LogP contribution >= 0.6 is 11.6 Å². The fraction of sp³-hybridized carbons (Fsp3) is 0.429. The van der Waals surface area contributed by atoms with Crippen molar-refractivity contribution in [2.24, 2.45) is 7.05 Å². The second kappa shape index (κ2) is 9.30. The first-order valence-corrected chi connectivity index (χ1v) is 10.5. The quantitative estimate of drug-likeness (QED) is 0.365. The Bertz CT molecular complexity index is 1060. The predicted octanol–water partition coefficient (Wildman–Crippen LogP) is 4.94. The van der Waals surface area contributed by atoms with Gasteiger partial charge in [-0.25, -0.2) is 14.8 Å². The number of halogens is 1. The minimum Gasteiger partial charge on any atom is -0.306 e. The highest BCUT2D eigenvalue weighted by Crippen LogP contribution is 2.29. The highest BCUT2D eigenvalue weighted by molar-refractivity contribution is 6.29. The zero-order valence-electron chi connectivity index (χ0n) is 18.0. The fourth-order valence-electron chi connectivity index (χ4n) is 3.39. The van der Waals surface area contributed by atoms with E-state index < -0.39 is 6.03 Å². The van der Waals surface area contributed by atoms with Crippen molar-refractivity contribution >= 4 is 40.2 Å². The van der Waals surface area contributed by atoms with Crippen LogP contribution in [0.15, 0.2) is 18.2 Å². The molecule has 0 aromatic carbocycles. The molecule has 0 atom stereocenters. The molecule has 3 aromatic heterocycles. The molecule has 0 saturated heterocycles. The number of aryl methyl sites for hydroxylation is 3. The number of carbonyl (C=O) groups excluding carboxylic acids is 1. The number of carbonyl (C=O) groups is 1. The van der Waals surface area contributed by atoms with Crippen molar-refractivity contribution in [3.05, 3.63) is 40.3 Å². The third-order valence-corrected chi connectivity index (χ3v) is 5.01. The van der Waals surface area contributed by atoms with Gasteiger partial charge in [0, 0.05) is 23.8 Å². The largest absolute Gasteiger partial charge is 0.337 e. The molecule has 0 aliphatic heterocycles. The van der Waals surface area contributed by atoms with E-state index in [1.807, 2.05) is 26.1 Å². The first-order chi connectivity index (χ1) is 14.3. The van der Waals surface area contributed by atoms with E-state index in [4.69, 9.17) is 11.6 Å². The number of urea groups is 1. The summed E-state index contributed by atoms with van der Waals surface area (Å²) >= 11 is 6.09. The molecule has 3 heterocycles. The summed E-state index contributed by atoms with van der Waals surface area (Å²) in [4.78, 5) is 21.3. The number of rotatable bonds is 7. The van der Waals surface area contributed by atoms with Gasteiger partial charge in [0.1, 0.15) is 11.0 Å². The number of aromatic nitrogens is 4. The maximum absolute atomic E-state index is 12.4. The first-order valence-electron chi connectivity index (χ1n) is 10.1. The molecule has 3 rings (SSSR count). The van der Waals surface area contributed by atoms with Crippen LogP contribution in [0, 0.1) is 6.92 Å². The van der Waals surface area contributed by atoms with E-state index in [0.717, 1.165) is 47.2 Å². The van der Waals surface area contributed by atoms with Crippen LogP contribution < -0.4 is 16.2 Å². The van der Waals surface area contributed by atoms with Gasteiger partial charge in [-0.05, 0) is 49.4 Å². The summed E-state index contributed by atoms with van der Waals surface area (Å²) < 4.78 is 1.75. The molecular weight excluding hydrogens is 402 g/mol. The second-order valence-corrected chi connectivity index (χ2v) is 8.02. The molecule has 2 amide bonds. The lowest BCUT2D eigenvalue weighted by Gasteiger charge is -2.13. The van der Waals surface area contributed by atoms with Gasteiger partial charge in [0.2, 0.25) is 0 Å². The van der Waals surface area contributed by atoms with Gasteiger partial charge in [-0.1, -0.05) is 38.8 Å². The van der Waals surface area contributed by atoms with Gasteiger partial charge < -0.3 is 5.32 Å². The Balaban J connectivity index is 1.73. The summed E-state index contributed by atoms with van der Waals surface area (Å²) in [6, 6.07) is 4.97. The van der Waals surface area contributed by atoms with Gasteiger partial charge in [0.05, 0.1) is 5.69 Å². The number of fused-ring (bicyclic) bond motifs is 1. The number of hydrazine groups is 1. The Morgan fingerprint density at radius 1 is 1.23 bits per heavy atom. The van der Waals surface area contributed by atoms with Crippen molar-refractivity contribution in [3.8, 4) is 0 Å². The number of anilines is 2. The van der Waals surface area contributed by atoms with E-state index in [9.17, 15) is 4.79 Å². The smallest absolute Gasteiger partial charge is 0.306 e. The van der Waals surface area contributed by atoms with Crippen LogP contribution in [0.25, 0.3) is 11.0 Å². The molecule has 30 heavy (non-hydrogen) atoms. The van der Waals surface area contributed by atoms with Crippen molar-refractivity contribution in [2.45, 2.75) is 52.9 Å². The van der Waals surface area contributed by atoms with Gasteiger partial charge in [-0.15, -0.1) is 0 Å². The highest BCUT2D eigenvalue weighted by atomic mass is 35.5. The second-order valence-electron chi connectivity index (χ2n) is 7.64. The lowest BCUT2D eigenvalue weighted by Crippen LogP contribution is -2.34. The van der Waals surface area contributed by atoms with Crippen LogP contribution in [0.3, 0.4) is 0 Å². The van der Waals surface area contributed by atoms with E-state index in [2.05, 4.69) is 52.0 Å². The van der Waals surface area contributed by atoms with Crippen molar-refractivity contribution in [1.29, 1.82) is 0 Å². The lowest BCUT2D eigenvalue weighted by atomic mass is 10.00. The van der Waals surface area contributed by atoms with Gasteiger partial charge in [-0.3, -0.25) is 15.5 Å². The maximum atomic E-state index is 12.4. The van der Waals surface area contributed by atoms with Crippen LogP contribution in [0.5, 0.6) is 0 Å². The van der Waals surface area contributed by atoms with Crippen LogP contribution in [0.1, 0.15) is 56.5 Å². The van der Waals surface area contributed by atoms with E-state index in [1.165, 1.54) is 0 Å². The van der Waals surface area contributed by atoms with Gasteiger partial charge in [0.25, 0.3) is 0 Å². The Morgan fingerprint density at radius 3 is 2.70 bits per heavy atom. The standard InChI is InChI=1S/C21H28ClN7O/c1-6-7-8-14-9-15(10-17(22)23-14)24-21(30)27-26-18-11-16(12(2)3)19-13(4)28-29(5)20(19)25-18/h9-12H,6-8H2,1-5H3,(H,25,26)(H2,23,24,27,30). The molecular formula is C21H28ClN7O. The Labute approximate surface area is 181 Å². The van der Waals surface area contributed by atoms with Gasteiger partial charge in [-0.2, -0.15) is 5.10 Å². The third kappa shape index (κ3) is 4.99. The number of nitrogens with one attached hydrogen (secondary N) is 3. The number of hydrogen-bond donors (Lipinski definition) is 3. The lowest BCUT2D eigenvalue weighted by molar-refractivity contribution is 0.254. The maximum Gasteiger partial charge on any atom is 0.337 e. The first kappa shape index (κ1) is 21.8. The van der Waals surface area contributed by atoms with Crippen molar-refractivity contribution in [2.75, 3.05) is 10.7 Å². The Morgan fingerprint density at radius 2 is 2.00 bits per heavy atom. The van der Waals surface area contributed by atoms with Gasteiger partial charge >= 0.3 is 6.03 Å². The van der Waals surface area contributed by atoms with Gasteiger partial charge in [0.15, 0.2) is 5.65 Å². The SMILES string of the molecule is CCCCc1cc(NC(=O)NNc2cc(C(C)C)c3c(C)nn(C)c3n2)cc(Cl)n1. The van der Waals surface area contributed by atoms with Crippen LogP contribution in [-0.2, 0) is 13.5 Å². The van der Waals surface area contributed by atoms with Crippen molar-refractivity contribution < 1.29 is 4.79 Å². The van der Waals surface area contributed by atoms with E-state index in [-0.39, 0.29) is 5.92 Å². The molecule has 3 N–H and O–H groups in total. The summed E-state index contributed by atoms with van der Waals surface area (Å²) in [6.07, 6.45) is 2.89. The number of amides is 2. The summed E-state index contributed by atoms with van der Waals surface area (Å²) in [7, 11) is 1.86. The summed E-state index contributed by atoms with van der Waals surface area (Å²) in [5, 5.41) is 8.65. The molecule has 0 saturated carbocycles. The van der Waals surface area contributed by atoms with E-state index >= 15 is 0 Å². The third-order valence-electron chi connectivity index (χ3n) is 4.82. The number of nitrogens with zero attached hydrogens (tertiary/aromatic N) is 4. The molecule has 0 radical (unpaired) electrons. The number of unbranched alkanes of at least 4 members (excludes halogenated alkanes) is 1. The van der Waals surface area contributed by atoms with Crippen LogP contribution in [0.2, 0.25) is 5.15 Å². The molecule has 0 aliphatic rings. The van der Waals surface area contributed by atoms with Crippen molar-refractivity contribution in [3.63, 3.8) is 0 Å². The minimum atomic E-state index is -0.423. The predicted molar refractivity (Wildman–Crippen MR) is 121 cm³/mol. The zero-order valence-corrected chi connectivity index (χ0v) is 18.8. The molecule has 0 spiro atoms. The van der Waals surface area contributed by atoms with E-state index in [0.29, 0.717) is 16.7 Å². The molecule has 0 bridgehead atoms. The highest BCUT2D eigenvalue weighted by Gasteiger charge is 2.16. The monoisotopic (exact) mass is 429 g/mol. The molecule has 0 unspecified atom stereocenters. The summed E-state index contributed by atoms with van der Waals surface area (Å²) in [5.74, 6) is 0.828. The van der Waals surface area contributed by atoms with E-state index in [1.54, 1.807) is 10.7 Å². The molecule has 3 aromatic rings. The minimum absolute atomic E-state index is 0.285. The average molecular weight is 430 g/mol. The zero-order chi connectivity index (χ0) is 21.8. The average Bonchev–Trinajstić information content (AvgIpc) is 2.97. The fourth-order valence-corrected chi connectivity index (χ4v) is 3.62. The Kier molecular flexibility index (Phi) is 6.77. The van der Waals surface area contributed by atoms with Crippen molar-refractivity contribution in [1.82, 2.24) is 25.2 Å². The van der Waals surface area contributed by atoms with Crippen LogP contribution in [-0.4, -0.2) is 25.8 Å². The summed E-state index contributed by atoms with van der Waals surface area (Å²) in [5.41, 5.74) is 9.80. The molecule has 160 valence electrons.